The molecule has 0 saturated carbocycles. The molecule has 0 amide bonds. The van der Waals surface area contributed by atoms with Crippen molar-refractivity contribution in [3.63, 3.8) is 0 Å². The minimum atomic E-state index is 0.479. The van der Waals surface area contributed by atoms with Gasteiger partial charge in [-0.05, 0) is 45.4 Å². The van der Waals surface area contributed by atoms with E-state index in [0.717, 1.165) is 29.3 Å². The first kappa shape index (κ1) is 19.6. The van der Waals surface area contributed by atoms with Gasteiger partial charge in [-0.2, -0.15) is 0 Å². The Bertz CT molecular complexity index is 721. The highest BCUT2D eigenvalue weighted by Gasteiger charge is 2.08. The molecule has 26 heavy (non-hydrogen) atoms. The third kappa shape index (κ3) is 5.40. The molecule has 7 heteroatoms. The molecule has 0 bridgehead atoms. The summed E-state index contributed by atoms with van der Waals surface area (Å²) in [6, 6.07) is 5.84. The maximum atomic E-state index is 5.59. The monoisotopic (exact) mass is 360 g/mol. The van der Waals surface area contributed by atoms with Crippen LogP contribution in [-0.2, 0) is 13.1 Å². The van der Waals surface area contributed by atoms with E-state index in [1.165, 1.54) is 0 Å². The zero-order valence-electron chi connectivity index (χ0n) is 16.2. The highest BCUT2D eigenvalue weighted by Crippen LogP contribution is 2.28. The highest BCUT2D eigenvalue weighted by atomic mass is 16.5. The van der Waals surface area contributed by atoms with Crippen LogP contribution in [0.4, 0.5) is 0 Å². The Morgan fingerprint density at radius 2 is 2.00 bits per heavy atom. The summed E-state index contributed by atoms with van der Waals surface area (Å²) >= 11 is 0. The zero-order valence-corrected chi connectivity index (χ0v) is 16.2. The normalized spacial score (nSPS) is 11.3. The molecule has 0 aliphatic heterocycles. The quantitative estimate of drug-likeness (QED) is 0.556. The number of oxazole rings is 1. The number of aliphatic imine (C=N–C) groups is 1. The molecule has 7 nitrogen and oxygen atoms in total. The molecule has 1 heterocycles. The van der Waals surface area contributed by atoms with Crippen molar-refractivity contribution >= 4 is 5.96 Å². The smallest absolute Gasteiger partial charge is 0.214 e. The molecular weight excluding hydrogens is 332 g/mol. The maximum Gasteiger partial charge on any atom is 0.214 e. The SMILES string of the molecule is CCNC(=NCc1ccc(OCC)c(OC)c1)NCc1nc(C)c(C)o1. The van der Waals surface area contributed by atoms with Crippen LogP contribution in [0.3, 0.4) is 0 Å². The van der Waals surface area contributed by atoms with Crippen molar-refractivity contribution in [2.24, 2.45) is 4.99 Å². The predicted octanol–water partition coefficient (Wildman–Crippen LogP) is 2.95. The number of hydrogen-bond donors (Lipinski definition) is 2. The van der Waals surface area contributed by atoms with Crippen molar-refractivity contribution in [1.29, 1.82) is 0 Å². The molecule has 0 atom stereocenters. The number of benzene rings is 1. The molecule has 0 radical (unpaired) electrons. The van der Waals surface area contributed by atoms with E-state index in [9.17, 15) is 0 Å². The summed E-state index contributed by atoms with van der Waals surface area (Å²) in [5, 5.41) is 6.45. The van der Waals surface area contributed by atoms with Gasteiger partial charge in [-0.25, -0.2) is 9.98 Å². The first-order valence-electron chi connectivity index (χ1n) is 8.82. The maximum absolute atomic E-state index is 5.59. The molecule has 0 saturated heterocycles. The molecule has 2 rings (SSSR count). The second-order valence-electron chi connectivity index (χ2n) is 5.72. The topological polar surface area (TPSA) is 80.9 Å². The number of methoxy groups -OCH3 is 1. The summed E-state index contributed by atoms with van der Waals surface area (Å²) in [6.45, 7) is 10.2. The van der Waals surface area contributed by atoms with Crippen molar-refractivity contribution in [2.45, 2.75) is 40.8 Å². The van der Waals surface area contributed by atoms with Crippen molar-refractivity contribution in [3.8, 4) is 11.5 Å². The van der Waals surface area contributed by atoms with Gasteiger partial charge in [0.15, 0.2) is 17.5 Å². The highest BCUT2D eigenvalue weighted by molar-refractivity contribution is 5.79. The van der Waals surface area contributed by atoms with Crippen LogP contribution in [0.25, 0.3) is 0 Å². The van der Waals surface area contributed by atoms with Gasteiger partial charge in [0.05, 0.1) is 32.5 Å². The number of guanidine groups is 1. The van der Waals surface area contributed by atoms with E-state index in [0.29, 0.717) is 37.3 Å². The van der Waals surface area contributed by atoms with Gasteiger partial charge in [-0.15, -0.1) is 0 Å². The van der Waals surface area contributed by atoms with E-state index in [-0.39, 0.29) is 0 Å². The second-order valence-corrected chi connectivity index (χ2v) is 5.72. The van der Waals surface area contributed by atoms with E-state index in [1.807, 2.05) is 45.9 Å². The van der Waals surface area contributed by atoms with Gasteiger partial charge in [-0.1, -0.05) is 6.07 Å². The van der Waals surface area contributed by atoms with Gasteiger partial charge in [0.1, 0.15) is 5.76 Å². The molecule has 0 spiro atoms. The van der Waals surface area contributed by atoms with E-state index in [2.05, 4.69) is 20.6 Å². The van der Waals surface area contributed by atoms with Gasteiger partial charge >= 0.3 is 0 Å². The average molecular weight is 360 g/mol. The van der Waals surface area contributed by atoms with Crippen LogP contribution in [0, 0.1) is 13.8 Å². The van der Waals surface area contributed by atoms with Crippen LogP contribution in [0.1, 0.15) is 36.8 Å². The lowest BCUT2D eigenvalue weighted by atomic mass is 10.2. The van der Waals surface area contributed by atoms with Crippen LogP contribution in [0.15, 0.2) is 27.6 Å². The van der Waals surface area contributed by atoms with Gasteiger partial charge < -0.3 is 24.5 Å². The zero-order chi connectivity index (χ0) is 18.9. The van der Waals surface area contributed by atoms with Crippen molar-refractivity contribution in [3.05, 3.63) is 41.1 Å². The molecule has 2 N–H and O–H groups in total. The van der Waals surface area contributed by atoms with E-state index in [1.54, 1.807) is 7.11 Å². The third-order valence-electron chi connectivity index (χ3n) is 3.77. The molecule has 0 aliphatic carbocycles. The minimum absolute atomic E-state index is 0.479. The van der Waals surface area contributed by atoms with Gasteiger partial charge in [0.2, 0.25) is 5.89 Å². The molecule has 0 unspecified atom stereocenters. The van der Waals surface area contributed by atoms with Crippen molar-refractivity contribution in [2.75, 3.05) is 20.3 Å². The molecule has 0 fully saturated rings. The van der Waals surface area contributed by atoms with Crippen LogP contribution >= 0.6 is 0 Å². The standard InChI is InChI=1S/C19H28N4O3/c1-6-20-19(22-12-18-23-13(3)14(4)26-18)21-11-15-8-9-16(25-7-2)17(10-15)24-5/h8-10H,6-7,11-12H2,1-5H3,(H2,20,21,22). The lowest BCUT2D eigenvalue weighted by Gasteiger charge is -2.12. The Balaban J connectivity index is 2.03. The van der Waals surface area contributed by atoms with Crippen LogP contribution in [0.2, 0.25) is 0 Å². The number of rotatable bonds is 8. The molecule has 2 aromatic rings. The Morgan fingerprint density at radius 1 is 1.19 bits per heavy atom. The lowest BCUT2D eigenvalue weighted by Crippen LogP contribution is -2.36. The molecule has 1 aromatic carbocycles. The van der Waals surface area contributed by atoms with Gasteiger partial charge in [-0.3, -0.25) is 0 Å². The lowest BCUT2D eigenvalue weighted by molar-refractivity contribution is 0.310. The number of aromatic nitrogens is 1. The van der Waals surface area contributed by atoms with E-state index >= 15 is 0 Å². The summed E-state index contributed by atoms with van der Waals surface area (Å²) < 4.78 is 16.5. The third-order valence-corrected chi connectivity index (χ3v) is 3.77. The number of ether oxygens (including phenoxy) is 2. The fraction of sp³-hybridized carbons (Fsp3) is 0.474. The summed E-state index contributed by atoms with van der Waals surface area (Å²) in [6.07, 6.45) is 0. The molecular formula is C19H28N4O3. The predicted molar refractivity (Wildman–Crippen MR) is 102 cm³/mol. The number of nitrogens with one attached hydrogen (secondary N) is 2. The summed E-state index contributed by atoms with van der Waals surface area (Å²) in [4.78, 5) is 8.98. The first-order valence-corrected chi connectivity index (χ1v) is 8.82. The average Bonchev–Trinajstić information content (AvgIpc) is 2.96. The van der Waals surface area contributed by atoms with Crippen LogP contribution in [-0.4, -0.2) is 31.2 Å². The van der Waals surface area contributed by atoms with Gasteiger partial charge in [0, 0.05) is 6.54 Å². The minimum Gasteiger partial charge on any atom is -0.493 e. The Morgan fingerprint density at radius 3 is 2.62 bits per heavy atom. The Hall–Kier alpha value is -2.70. The van der Waals surface area contributed by atoms with E-state index in [4.69, 9.17) is 13.9 Å². The molecule has 0 aliphatic rings. The second kappa shape index (κ2) is 9.70. The summed E-state index contributed by atoms with van der Waals surface area (Å²) in [5.41, 5.74) is 1.94. The molecule has 1 aromatic heterocycles. The summed E-state index contributed by atoms with van der Waals surface area (Å²) in [5.74, 6) is 3.64. The largest absolute Gasteiger partial charge is 0.493 e. The number of aryl methyl sites for hydroxylation is 2. The summed E-state index contributed by atoms with van der Waals surface area (Å²) in [7, 11) is 1.64. The van der Waals surface area contributed by atoms with Crippen LogP contribution in [0.5, 0.6) is 11.5 Å². The van der Waals surface area contributed by atoms with E-state index < -0.39 is 0 Å². The molecule has 142 valence electrons. The Kier molecular flexibility index (Phi) is 7.32. The fourth-order valence-electron chi connectivity index (χ4n) is 2.37. The fourth-order valence-corrected chi connectivity index (χ4v) is 2.37. The Labute approximate surface area is 154 Å². The first-order chi connectivity index (χ1) is 12.6. The van der Waals surface area contributed by atoms with Crippen LogP contribution < -0.4 is 20.1 Å². The van der Waals surface area contributed by atoms with Crippen molar-refractivity contribution in [1.82, 2.24) is 15.6 Å². The number of hydrogen-bond acceptors (Lipinski definition) is 5. The van der Waals surface area contributed by atoms with Gasteiger partial charge in [0.25, 0.3) is 0 Å². The number of nitrogens with zero attached hydrogens (tertiary/aromatic N) is 2. The van der Waals surface area contributed by atoms with Crippen molar-refractivity contribution < 1.29 is 13.9 Å².